The van der Waals surface area contributed by atoms with E-state index in [9.17, 15) is 49.1 Å². The van der Waals surface area contributed by atoms with Gasteiger partial charge in [-0.25, -0.2) is 0 Å². The van der Waals surface area contributed by atoms with Crippen LogP contribution in [-0.2, 0) is 18.5 Å². The summed E-state index contributed by atoms with van der Waals surface area (Å²) in [5, 5.41) is 10.1. The average molecular weight is 998 g/mol. The summed E-state index contributed by atoms with van der Waals surface area (Å²) in [7, 11) is 0. The Hall–Kier alpha value is -6.55. The highest BCUT2D eigenvalue weighted by Crippen LogP contribution is 2.37. The summed E-state index contributed by atoms with van der Waals surface area (Å²) < 4.78 is 115. The maximum Gasteiger partial charge on any atom is 0.416 e. The number of amides is 2. The van der Waals surface area contributed by atoms with Gasteiger partial charge in [0.25, 0.3) is 11.8 Å². The molecule has 2 amide bonds. The van der Waals surface area contributed by atoms with E-state index in [0.29, 0.717) is 46.1 Å². The molecule has 0 unspecified atom stereocenters. The Labute approximate surface area is 367 Å². The van der Waals surface area contributed by atoms with Gasteiger partial charge in [0.05, 0.1) is 22.3 Å². The van der Waals surface area contributed by atoms with Crippen molar-refractivity contribution in [2.75, 3.05) is 38.5 Å². The number of carbonyl (C=O) groups is 2. The largest absolute Gasteiger partial charge is 0.416 e. The summed E-state index contributed by atoms with van der Waals surface area (Å²) in [5.74, 6) is -0.722. The maximum atomic E-state index is 12.8. The fraction of sp³-hybridized carbons (Fsp3) is 0.0714. The van der Waals surface area contributed by atoms with Crippen molar-refractivity contribution in [1.82, 2.24) is 0 Å². The Kier molecular flexibility index (Phi) is 16.2. The molecule has 6 aromatic carbocycles. The number of hydrogen-bond donors (Lipinski definition) is 7. The highest BCUT2D eigenvalue weighted by Gasteiger charge is 2.37. The fourth-order valence-corrected chi connectivity index (χ4v) is 5.77. The second-order valence-electron chi connectivity index (χ2n) is 12.7. The van der Waals surface area contributed by atoms with Gasteiger partial charge in [0.1, 0.15) is 0 Å². The first-order valence-corrected chi connectivity index (χ1v) is 19.0. The summed E-state index contributed by atoms with van der Waals surface area (Å²) in [6.07, 6.45) is -14.3. The molecule has 6 aromatic rings. The smallest absolute Gasteiger partial charge is 0.399 e. The van der Waals surface area contributed by atoms with Crippen molar-refractivity contribution in [3.05, 3.63) is 171 Å². The van der Waals surface area contributed by atoms with E-state index >= 15 is 0 Å². The second kappa shape index (κ2) is 20.8. The zero-order valence-electron chi connectivity index (χ0n) is 31.5. The number of halogens is 10. The van der Waals surface area contributed by atoms with Crippen LogP contribution in [0.3, 0.4) is 0 Å². The molecule has 20 heteroatoms. The molecule has 0 aromatic heterocycles. The van der Waals surface area contributed by atoms with Crippen LogP contribution in [-0.4, -0.2) is 16.9 Å². The molecule has 0 saturated heterocycles. The van der Waals surface area contributed by atoms with Gasteiger partial charge in [-0.05, 0) is 156 Å². The van der Waals surface area contributed by atoms with E-state index in [1.807, 2.05) is 18.2 Å². The van der Waals surface area contributed by atoms with E-state index < -0.39 is 46.8 Å². The molecule has 0 aliphatic heterocycles. The topological polar surface area (TPSA) is 160 Å². The molecule has 10 N–H and O–H groups in total. The van der Waals surface area contributed by atoms with Crippen LogP contribution < -0.4 is 38.5 Å². The van der Waals surface area contributed by atoms with Crippen molar-refractivity contribution < 1.29 is 49.1 Å². The summed E-state index contributed by atoms with van der Waals surface area (Å²) in [6, 6.07) is 32.4. The minimum absolute atomic E-state index is 0.0433. The average Bonchev–Trinajstić information content (AvgIpc) is 3.20. The maximum absolute atomic E-state index is 12.8. The predicted molar refractivity (Wildman–Crippen MR) is 235 cm³/mol. The van der Waals surface area contributed by atoms with Gasteiger partial charge in [-0.2, -0.15) is 39.5 Å². The molecule has 6 rings (SSSR count). The quantitative estimate of drug-likeness (QED) is 0.0376. The van der Waals surface area contributed by atoms with Crippen LogP contribution in [0.25, 0.3) is 0 Å². The number of alkyl halides is 9. The molecule has 324 valence electrons. The number of anilines is 7. The van der Waals surface area contributed by atoms with Crippen molar-refractivity contribution >= 4 is 91.5 Å². The molecule has 0 heterocycles. The van der Waals surface area contributed by atoms with Crippen molar-refractivity contribution in [3.63, 3.8) is 0 Å². The Balaban J connectivity index is 0.000000208. The first-order chi connectivity index (χ1) is 29.0. The Morgan fingerprint density at radius 2 is 0.855 bits per heavy atom. The van der Waals surface area contributed by atoms with Crippen LogP contribution >= 0.6 is 34.8 Å². The Morgan fingerprint density at radius 1 is 0.452 bits per heavy atom. The van der Waals surface area contributed by atoms with Crippen LogP contribution in [0.2, 0.25) is 0 Å². The lowest BCUT2D eigenvalue weighted by atomic mass is 10.1. The molecular weight excluding hydrogens is 964 g/mol. The van der Waals surface area contributed by atoms with Gasteiger partial charge in [0, 0.05) is 48.9 Å². The van der Waals surface area contributed by atoms with Crippen LogP contribution in [0.5, 0.6) is 0 Å². The molecule has 0 fully saturated rings. The monoisotopic (exact) mass is 997 g/mol. The second-order valence-corrected chi connectivity index (χ2v) is 14.3. The lowest BCUT2D eigenvalue weighted by Gasteiger charge is -2.16. The summed E-state index contributed by atoms with van der Waals surface area (Å²) in [5.41, 5.74) is 16.4. The highest BCUT2D eigenvalue weighted by molar-refractivity contribution is 14.1. The molecule has 62 heavy (non-hydrogen) atoms. The normalized spacial score (nSPS) is 11.1. The zero-order chi connectivity index (χ0) is 45.8. The Bertz CT molecular complexity index is 2450. The molecule has 0 atom stereocenters. The molecule has 9 nitrogen and oxygen atoms in total. The van der Waals surface area contributed by atoms with Gasteiger partial charge >= 0.3 is 18.5 Å². The molecule has 0 radical (unpaired) electrons. The number of nitrogens with two attached hydrogens (primary N) is 3. The Morgan fingerprint density at radius 3 is 1.29 bits per heavy atom. The molecule has 0 saturated carbocycles. The van der Waals surface area contributed by atoms with Gasteiger partial charge in [-0.15, -0.1) is 0 Å². The van der Waals surface area contributed by atoms with Gasteiger partial charge in [-0.3, -0.25) is 9.59 Å². The number of benzene rings is 6. The lowest BCUT2D eigenvalue weighted by molar-refractivity contribution is -0.143. The lowest BCUT2D eigenvalue weighted by Crippen LogP contribution is -2.20. The molecular formula is C42H33F9IN7O2S. The van der Waals surface area contributed by atoms with E-state index in [-0.39, 0.29) is 22.6 Å². The third-order valence-corrected chi connectivity index (χ3v) is 9.07. The third kappa shape index (κ3) is 15.2. The highest BCUT2D eigenvalue weighted by atomic mass is 127. The number of carbonyl (C=O) groups excluding carboxylic acids is 2. The molecule has 0 spiro atoms. The number of thiocarbonyl (C=S) groups is 1. The standard InChI is InChI=1S/C15H11F6N3S.C14H11F3N2O.C13H11IN2O/c16-14(17,18)8-5-9(15(19,20)21)7-12(6-8)24-13(25)23-11-3-1-10(22)2-4-11;15-14(16,17)10-3-1-2-9(8-10)13(20)19-12-6-4-11(18)5-7-12;14-12-4-2-1-3-11(12)13(17)16-10-7-5-9(15)6-8-10/h1-7H,22H2,(H2,23,24,25);1-8H,18H2,(H,19,20);1-8H,15H2,(H,16,17). The van der Waals surface area contributed by atoms with Crippen molar-refractivity contribution in [1.29, 1.82) is 0 Å². The van der Waals surface area contributed by atoms with E-state index in [1.54, 1.807) is 78.9 Å². The van der Waals surface area contributed by atoms with Crippen molar-refractivity contribution in [3.8, 4) is 0 Å². The van der Waals surface area contributed by atoms with E-state index in [1.165, 1.54) is 12.1 Å². The summed E-state index contributed by atoms with van der Waals surface area (Å²) in [4.78, 5) is 23.8. The zero-order valence-corrected chi connectivity index (χ0v) is 34.5. The van der Waals surface area contributed by atoms with Gasteiger partial charge in [-0.1, -0.05) is 18.2 Å². The van der Waals surface area contributed by atoms with Gasteiger partial charge < -0.3 is 38.5 Å². The SMILES string of the molecule is Nc1ccc(NC(=O)c2cccc(C(F)(F)F)c2)cc1.Nc1ccc(NC(=O)c2ccccc2I)cc1.Nc1ccc(NC(=S)Nc2cc(C(F)(F)F)cc(C(F)(F)F)c2)cc1. The summed E-state index contributed by atoms with van der Waals surface area (Å²) >= 11 is 7.05. The van der Waals surface area contributed by atoms with Crippen molar-refractivity contribution in [2.45, 2.75) is 18.5 Å². The molecule has 0 aliphatic carbocycles. The fourth-order valence-electron chi connectivity index (χ4n) is 4.90. The van der Waals surface area contributed by atoms with Crippen molar-refractivity contribution in [2.24, 2.45) is 0 Å². The van der Waals surface area contributed by atoms with Crippen LogP contribution in [0, 0.1) is 3.57 Å². The number of rotatable bonds is 6. The van der Waals surface area contributed by atoms with Gasteiger partial charge in [0.15, 0.2) is 5.11 Å². The van der Waals surface area contributed by atoms with E-state index in [2.05, 4.69) is 43.9 Å². The summed E-state index contributed by atoms with van der Waals surface area (Å²) in [6.45, 7) is 0. The van der Waals surface area contributed by atoms with E-state index in [0.717, 1.165) is 21.4 Å². The first kappa shape index (κ1) is 48.1. The van der Waals surface area contributed by atoms with Crippen LogP contribution in [0.15, 0.2) is 140 Å². The number of hydrogen-bond acceptors (Lipinski definition) is 6. The number of nitrogen functional groups attached to an aromatic ring is 3. The minimum atomic E-state index is -4.93. The van der Waals surface area contributed by atoms with Crippen LogP contribution in [0.1, 0.15) is 37.4 Å². The third-order valence-electron chi connectivity index (χ3n) is 7.92. The first-order valence-electron chi connectivity index (χ1n) is 17.5. The van der Waals surface area contributed by atoms with Crippen LogP contribution in [0.4, 0.5) is 79.3 Å². The minimum Gasteiger partial charge on any atom is -0.399 e. The number of nitrogens with one attached hydrogen (secondary N) is 4. The molecule has 0 aliphatic rings. The predicted octanol–water partition coefficient (Wildman–Crippen LogP) is 11.8. The molecule has 0 bridgehead atoms. The van der Waals surface area contributed by atoms with E-state index in [4.69, 9.17) is 29.4 Å². The van der Waals surface area contributed by atoms with Gasteiger partial charge in [0.2, 0.25) is 0 Å².